The topological polar surface area (TPSA) is 29.4 Å². The summed E-state index contributed by atoms with van der Waals surface area (Å²) in [6, 6.07) is 9.79. The molecule has 0 amide bonds. The van der Waals surface area contributed by atoms with Crippen LogP contribution in [0.2, 0.25) is 0 Å². The normalized spacial score (nSPS) is 10.8. The second kappa shape index (κ2) is 3.63. The maximum absolute atomic E-state index is 10.3. The van der Waals surface area contributed by atoms with Crippen molar-refractivity contribution in [3.05, 3.63) is 35.9 Å². The highest BCUT2D eigenvalue weighted by atomic mass is 32.1. The lowest BCUT2D eigenvalue weighted by Gasteiger charge is -2.16. The zero-order valence-electron chi connectivity index (χ0n) is 7.15. The molecule has 0 fully saturated rings. The highest BCUT2D eigenvalue weighted by molar-refractivity contribution is 7.54. The van der Waals surface area contributed by atoms with E-state index in [-0.39, 0.29) is 17.0 Å². The van der Waals surface area contributed by atoms with Crippen LogP contribution >= 0.6 is 0 Å². The van der Waals surface area contributed by atoms with Gasteiger partial charge < -0.3 is 0 Å². The largest absolute Gasteiger partial charge is 0.200 e. The first-order chi connectivity index (χ1) is 5.67. The van der Waals surface area contributed by atoms with Crippen molar-refractivity contribution in [1.29, 1.82) is 0 Å². The van der Waals surface area contributed by atoms with Gasteiger partial charge in [0.1, 0.15) is 0 Å². The van der Waals surface area contributed by atoms with Gasteiger partial charge in [-0.3, -0.25) is 0 Å². The van der Waals surface area contributed by atoms with Crippen LogP contribution in [-0.2, 0) is 17.0 Å². The SMILES string of the molecule is CC(C)(N=S=O)c1ccccc1. The monoisotopic (exact) mass is 181 g/mol. The molecule has 0 saturated carbocycles. The number of hydrogen-bond acceptors (Lipinski definition) is 2. The Balaban J connectivity index is 3.05. The Bertz CT molecular complexity index is 302. The maximum Gasteiger partial charge on any atom is 0.200 e. The minimum atomic E-state index is -0.381. The second-order valence-electron chi connectivity index (χ2n) is 3.09. The van der Waals surface area contributed by atoms with Crippen molar-refractivity contribution in [2.45, 2.75) is 19.4 Å². The number of rotatable bonds is 2. The molecule has 0 aliphatic heterocycles. The van der Waals surface area contributed by atoms with Crippen molar-refractivity contribution in [2.75, 3.05) is 0 Å². The summed E-state index contributed by atoms with van der Waals surface area (Å²) >= 11 is 0.278. The first kappa shape index (κ1) is 9.13. The molecule has 0 aliphatic rings. The summed E-state index contributed by atoms with van der Waals surface area (Å²) in [6.45, 7) is 3.85. The molecule has 2 nitrogen and oxygen atoms in total. The van der Waals surface area contributed by atoms with E-state index in [1.54, 1.807) is 0 Å². The lowest BCUT2D eigenvalue weighted by molar-refractivity contribution is 0.563. The van der Waals surface area contributed by atoms with E-state index < -0.39 is 0 Å². The van der Waals surface area contributed by atoms with Crippen LogP contribution < -0.4 is 0 Å². The molecule has 0 aliphatic carbocycles. The Morgan fingerprint density at radius 2 is 1.83 bits per heavy atom. The predicted octanol–water partition coefficient (Wildman–Crippen LogP) is 2.32. The second-order valence-corrected chi connectivity index (χ2v) is 3.42. The van der Waals surface area contributed by atoms with Crippen LogP contribution in [-0.4, -0.2) is 4.21 Å². The molecule has 3 heteroatoms. The van der Waals surface area contributed by atoms with Gasteiger partial charge in [0, 0.05) is 0 Å². The lowest BCUT2D eigenvalue weighted by Crippen LogP contribution is -2.12. The van der Waals surface area contributed by atoms with Gasteiger partial charge in [-0.15, -0.1) is 0 Å². The Morgan fingerprint density at radius 1 is 1.25 bits per heavy atom. The third kappa shape index (κ3) is 2.01. The van der Waals surface area contributed by atoms with Crippen molar-refractivity contribution >= 4 is 11.5 Å². The molecule has 0 heterocycles. The summed E-state index contributed by atoms with van der Waals surface area (Å²) in [4.78, 5) is 0. The van der Waals surface area contributed by atoms with Crippen LogP contribution in [0, 0.1) is 0 Å². The van der Waals surface area contributed by atoms with Gasteiger partial charge in [-0.1, -0.05) is 30.3 Å². The van der Waals surface area contributed by atoms with Crippen LogP contribution in [0.15, 0.2) is 34.7 Å². The fraction of sp³-hybridized carbons (Fsp3) is 0.333. The fourth-order valence-electron chi connectivity index (χ4n) is 0.992. The van der Waals surface area contributed by atoms with Crippen molar-refractivity contribution in [3.8, 4) is 0 Å². The Kier molecular flexibility index (Phi) is 2.76. The standard InChI is InChI=1S/C9H11NOS/c1-9(2,10-12-11)8-6-4-3-5-7-8/h3-7H,1-2H3. The summed E-state index contributed by atoms with van der Waals surface area (Å²) in [5, 5.41) is 0. The average molecular weight is 181 g/mol. The number of benzene rings is 1. The minimum Gasteiger partial charge on any atom is -0.191 e. The first-order valence-corrected chi connectivity index (χ1v) is 4.43. The third-order valence-corrected chi connectivity index (χ3v) is 2.28. The quantitative estimate of drug-likeness (QED) is 0.688. The molecule has 64 valence electrons. The van der Waals surface area contributed by atoms with Crippen molar-refractivity contribution < 1.29 is 4.21 Å². The van der Waals surface area contributed by atoms with Gasteiger partial charge in [-0.25, -0.2) is 0 Å². The summed E-state index contributed by atoms with van der Waals surface area (Å²) < 4.78 is 14.2. The molecule has 0 N–H and O–H groups in total. The predicted molar refractivity (Wildman–Crippen MR) is 50.0 cm³/mol. The van der Waals surface area contributed by atoms with Gasteiger partial charge in [-0.05, 0) is 19.4 Å². The molecule has 0 aromatic heterocycles. The van der Waals surface area contributed by atoms with Gasteiger partial charge in [-0.2, -0.15) is 8.57 Å². The van der Waals surface area contributed by atoms with E-state index in [4.69, 9.17) is 0 Å². The molecule has 1 aromatic rings. The Morgan fingerprint density at radius 3 is 2.33 bits per heavy atom. The van der Waals surface area contributed by atoms with Crippen molar-refractivity contribution in [3.63, 3.8) is 0 Å². The zero-order chi connectivity index (χ0) is 9.03. The summed E-state index contributed by atoms with van der Waals surface area (Å²) in [5.41, 5.74) is 0.682. The average Bonchev–Trinajstić information content (AvgIpc) is 2.06. The minimum absolute atomic E-state index is 0.278. The van der Waals surface area contributed by atoms with Gasteiger partial charge in [0.2, 0.25) is 0 Å². The van der Waals surface area contributed by atoms with Crippen LogP contribution in [0.25, 0.3) is 0 Å². The zero-order valence-corrected chi connectivity index (χ0v) is 7.97. The molecule has 1 rings (SSSR count). The molecular formula is C9H11NOS. The maximum atomic E-state index is 10.3. The van der Waals surface area contributed by atoms with Crippen molar-refractivity contribution in [1.82, 2.24) is 0 Å². The van der Waals surface area contributed by atoms with E-state index in [0.717, 1.165) is 5.56 Å². The van der Waals surface area contributed by atoms with Gasteiger partial charge in [0.05, 0.1) is 5.54 Å². The Labute approximate surface area is 75.9 Å². The van der Waals surface area contributed by atoms with E-state index >= 15 is 0 Å². The number of nitrogens with zero attached hydrogens (tertiary/aromatic N) is 1. The van der Waals surface area contributed by atoms with E-state index in [0.29, 0.717) is 0 Å². The molecule has 0 bridgehead atoms. The van der Waals surface area contributed by atoms with Gasteiger partial charge in [0.25, 0.3) is 0 Å². The highest BCUT2D eigenvalue weighted by Crippen LogP contribution is 2.23. The molecule has 0 saturated heterocycles. The van der Waals surface area contributed by atoms with Crippen LogP contribution in [0.4, 0.5) is 0 Å². The van der Waals surface area contributed by atoms with Crippen molar-refractivity contribution in [2.24, 2.45) is 4.36 Å². The van der Waals surface area contributed by atoms with Crippen LogP contribution in [0.5, 0.6) is 0 Å². The van der Waals surface area contributed by atoms with Crippen LogP contribution in [0.1, 0.15) is 19.4 Å². The molecule has 1 aromatic carbocycles. The first-order valence-electron chi connectivity index (χ1n) is 3.73. The summed E-state index contributed by atoms with van der Waals surface area (Å²) in [6.07, 6.45) is 0. The summed E-state index contributed by atoms with van der Waals surface area (Å²) in [5.74, 6) is 0. The van der Waals surface area contributed by atoms with E-state index in [1.165, 1.54) is 0 Å². The highest BCUT2D eigenvalue weighted by Gasteiger charge is 2.18. The molecule has 12 heavy (non-hydrogen) atoms. The third-order valence-electron chi connectivity index (χ3n) is 1.75. The molecule has 0 atom stereocenters. The van der Waals surface area contributed by atoms with E-state index in [1.807, 2.05) is 44.2 Å². The number of hydrogen-bond donors (Lipinski definition) is 0. The van der Waals surface area contributed by atoms with Crippen LogP contribution in [0.3, 0.4) is 0 Å². The molecule has 0 unspecified atom stereocenters. The smallest absolute Gasteiger partial charge is 0.191 e. The molecule has 0 spiro atoms. The molecule has 0 radical (unpaired) electrons. The van der Waals surface area contributed by atoms with E-state index in [2.05, 4.69) is 4.36 Å². The lowest BCUT2D eigenvalue weighted by atomic mass is 9.96. The van der Waals surface area contributed by atoms with Gasteiger partial charge in [0.15, 0.2) is 11.5 Å². The summed E-state index contributed by atoms with van der Waals surface area (Å²) in [7, 11) is 0. The fourth-order valence-corrected chi connectivity index (χ4v) is 1.28. The van der Waals surface area contributed by atoms with Gasteiger partial charge >= 0.3 is 0 Å². The Hall–Kier alpha value is -0.960. The van der Waals surface area contributed by atoms with E-state index in [9.17, 15) is 4.21 Å². The molecular weight excluding hydrogens is 170 g/mol.